The summed E-state index contributed by atoms with van der Waals surface area (Å²) < 4.78 is 6.32. The Morgan fingerprint density at radius 2 is 1.85 bits per heavy atom. The van der Waals surface area contributed by atoms with E-state index in [4.69, 9.17) is 4.74 Å². The Morgan fingerprint density at radius 3 is 2.67 bits per heavy atom. The molecule has 1 saturated carbocycles. The molecule has 3 nitrogen and oxygen atoms in total. The van der Waals surface area contributed by atoms with Crippen molar-refractivity contribution in [1.82, 2.24) is 4.98 Å². The number of rotatable bonds is 4. The predicted molar refractivity (Wildman–Crippen MR) is 110 cm³/mol. The van der Waals surface area contributed by atoms with Crippen LogP contribution in [-0.4, -0.2) is 30.3 Å². The molecule has 0 radical (unpaired) electrons. The van der Waals surface area contributed by atoms with Crippen molar-refractivity contribution in [3.05, 3.63) is 72.6 Å². The molecule has 0 N–H and O–H groups in total. The van der Waals surface area contributed by atoms with E-state index in [0.29, 0.717) is 6.04 Å². The molecule has 1 aliphatic heterocycles. The largest absolute Gasteiger partial charge is 0.376 e. The van der Waals surface area contributed by atoms with Crippen molar-refractivity contribution in [3.63, 3.8) is 0 Å². The average molecular weight is 358 g/mol. The monoisotopic (exact) mass is 358 g/mol. The second-order valence-electron chi connectivity index (χ2n) is 8.06. The van der Waals surface area contributed by atoms with Gasteiger partial charge in [0, 0.05) is 38.2 Å². The molecule has 0 spiro atoms. The molecule has 27 heavy (non-hydrogen) atoms. The zero-order valence-electron chi connectivity index (χ0n) is 15.8. The number of hydrogen-bond donors (Lipinski definition) is 0. The van der Waals surface area contributed by atoms with Crippen LogP contribution in [-0.2, 0) is 11.2 Å². The van der Waals surface area contributed by atoms with E-state index >= 15 is 0 Å². The highest BCUT2D eigenvalue weighted by molar-refractivity contribution is 5.83. The maximum absolute atomic E-state index is 6.32. The first-order valence-corrected chi connectivity index (χ1v) is 9.99. The summed E-state index contributed by atoms with van der Waals surface area (Å²) in [6.45, 7) is 1.11. The van der Waals surface area contributed by atoms with Crippen LogP contribution in [0.1, 0.15) is 24.8 Å². The Balaban J connectivity index is 1.50. The Kier molecular flexibility index (Phi) is 4.13. The first-order valence-electron chi connectivity index (χ1n) is 9.99. The van der Waals surface area contributed by atoms with Crippen molar-refractivity contribution >= 4 is 16.5 Å². The number of pyridine rings is 1. The lowest BCUT2D eigenvalue weighted by molar-refractivity contribution is -0.0187. The van der Waals surface area contributed by atoms with Crippen molar-refractivity contribution in [1.29, 1.82) is 0 Å². The van der Waals surface area contributed by atoms with E-state index in [0.717, 1.165) is 25.3 Å². The SMILES string of the molecule is CO[C@@]1(Cc2ccc3ccccc3c2)CC[C@H]2CCN(c3ccncc3)[C@H]21. The van der Waals surface area contributed by atoms with Gasteiger partial charge in [0.25, 0.3) is 0 Å². The lowest BCUT2D eigenvalue weighted by atomic mass is 9.86. The minimum atomic E-state index is -0.118. The first kappa shape index (κ1) is 16.8. The molecule has 138 valence electrons. The molecule has 0 bridgehead atoms. The van der Waals surface area contributed by atoms with Crippen LogP contribution in [0.2, 0.25) is 0 Å². The van der Waals surface area contributed by atoms with Crippen LogP contribution in [0.5, 0.6) is 0 Å². The summed E-state index contributed by atoms with van der Waals surface area (Å²) in [6.07, 6.45) is 8.42. The van der Waals surface area contributed by atoms with Crippen molar-refractivity contribution in [2.24, 2.45) is 5.92 Å². The molecule has 0 amide bonds. The second kappa shape index (κ2) is 6.65. The number of ether oxygens (including phenoxy) is 1. The van der Waals surface area contributed by atoms with E-state index in [1.54, 1.807) is 0 Å². The summed E-state index contributed by atoms with van der Waals surface area (Å²) in [4.78, 5) is 6.77. The number of benzene rings is 2. The topological polar surface area (TPSA) is 25.4 Å². The zero-order valence-corrected chi connectivity index (χ0v) is 15.8. The third-order valence-corrected chi connectivity index (χ3v) is 6.72. The number of aromatic nitrogens is 1. The molecule has 3 atom stereocenters. The molecule has 1 aliphatic carbocycles. The molecule has 0 unspecified atom stereocenters. The lowest BCUT2D eigenvalue weighted by Gasteiger charge is -2.40. The van der Waals surface area contributed by atoms with E-state index in [1.165, 1.54) is 34.9 Å². The van der Waals surface area contributed by atoms with Crippen LogP contribution in [0.25, 0.3) is 10.8 Å². The third kappa shape index (κ3) is 2.81. The van der Waals surface area contributed by atoms with Crippen molar-refractivity contribution in [3.8, 4) is 0 Å². The number of methoxy groups -OCH3 is 1. The summed E-state index contributed by atoms with van der Waals surface area (Å²) in [7, 11) is 1.91. The Bertz CT molecular complexity index is 941. The lowest BCUT2D eigenvalue weighted by Crippen LogP contribution is -2.51. The van der Waals surface area contributed by atoms with Crippen LogP contribution < -0.4 is 4.90 Å². The van der Waals surface area contributed by atoms with E-state index in [2.05, 4.69) is 64.5 Å². The van der Waals surface area contributed by atoms with Gasteiger partial charge in [0.1, 0.15) is 0 Å². The summed E-state index contributed by atoms with van der Waals surface area (Å²) in [6, 6.07) is 20.2. The third-order valence-electron chi connectivity index (χ3n) is 6.72. The fraction of sp³-hybridized carbons (Fsp3) is 0.375. The average Bonchev–Trinajstić information content (AvgIpc) is 3.30. The summed E-state index contributed by atoms with van der Waals surface area (Å²) in [5, 5.41) is 2.62. The normalized spacial score (nSPS) is 27.2. The van der Waals surface area contributed by atoms with Gasteiger partial charge in [0.15, 0.2) is 0 Å². The molecule has 2 aliphatic rings. The molecule has 2 fully saturated rings. The molecular formula is C24H26N2O. The predicted octanol–water partition coefficient (Wildman–Crippen LogP) is 4.85. The molecule has 5 rings (SSSR count). The number of fused-ring (bicyclic) bond motifs is 2. The highest BCUT2D eigenvalue weighted by Gasteiger charge is 2.54. The van der Waals surface area contributed by atoms with E-state index in [-0.39, 0.29) is 5.60 Å². The highest BCUT2D eigenvalue weighted by Crippen LogP contribution is 2.49. The summed E-state index contributed by atoms with van der Waals surface area (Å²) in [5.74, 6) is 0.721. The zero-order chi connectivity index (χ0) is 18.3. The summed E-state index contributed by atoms with van der Waals surface area (Å²) >= 11 is 0. The quantitative estimate of drug-likeness (QED) is 0.666. The fourth-order valence-corrected chi connectivity index (χ4v) is 5.46. The number of anilines is 1. The molecule has 2 heterocycles. The van der Waals surface area contributed by atoms with Crippen molar-refractivity contribution in [2.45, 2.75) is 37.3 Å². The fourth-order valence-electron chi connectivity index (χ4n) is 5.46. The van der Waals surface area contributed by atoms with Crippen LogP contribution in [0, 0.1) is 5.92 Å². The van der Waals surface area contributed by atoms with Gasteiger partial charge in [-0.25, -0.2) is 0 Å². The highest BCUT2D eigenvalue weighted by atomic mass is 16.5. The molecular weight excluding hydrogens is 332 g/mol. The van der Waals surface area contributed by atoms with E-state index in [9.17, 15) is 0 Å². The summed E-state index contributed by atoms with van der Waals surface area (Å²) in [5.41, 5.74) is 2.53. The molecule has 3 aromatic rings. The molecule has 1 aromatic heterocycles. The maximum Gasteiger partial charge on any atom is 0.0923 e. The van der Waals surface area contributed by atoms with Crippen LogP contribution >= 0.6 is 0 Å². The number of nitrogens with zero attached hydrogens (tertiary/aromatic N) is 2. The Morgan fingerprint density at radius 1 is 1.04 bits per heavy atom. The second-order valence-corrected chi connectivity index (χ2v) is 8.06. The minimum Gasteiger partial charge on any atom is -0.376 e. The van der Waals surface area contributed by atoms with Gasteiger partial charge in [-0.15, -0.1) is 0 Å². The van der Waals surface area contributed by atoms with Gasteiger partial charge < -0.3 is 9.64 Å². The molecule has 1 saturated heterocycles. The smallest absolute Gasteiger partial charge is 0.0923 e. The van der Waals surface area contributed by atoms with E-state index in [1.807, 2.05) is 19.5 Å². The number of hydrogen-bond acceptors (Lipinski definition) is 3. The maximum atomic E-state index is 6.32. The van der Waals surface area contributed by atoms with Gasteiger partial charge in [0.05, 0.1) is 11.6 Å². The standard InChI is InChI=1S/C24H26N2O/c1-27-24(17-18-6-7-19-4-2-3-5-21(19)16-18)12-8-20-11-15-26(23(20)24)22-9-13-25-14-10-22/h2-7,9-10,13-14,16,20,23H,8,11-12,15,17H2,1H3/t20-,23+,24+/m0/s1. The van der Waals surface area contributed by atoms with Crippen molar-refractivity contribution in [2.75, 3.05) is 18.6 Å². The van der Waals surface area contributed by atoms with Gasteiger partial charge in [-0.3, -0.25) is 4.98 Å². The van der Waals surface area contributed by atoms with Gasteiger partial charge in [0.2, 0.25) is 0 Å². The van der Waals surface area contributed by atoms with Gasteiger partial charge in [-0.1, -0.05) is 42.5 Å². The van der Waals surface area contributed by atoms with Crippen LogP contribution in [0.4, 0.5) is 5.69 Å². The molecule has 2 aromatic carbocycles. The van der Waals surface area contributed by atoms with Crippen LogP contribution in [0.3, 0.4) is 0 Å². The molecule has 3 heteroatoms. The van der Waals surface area contributed by atoms with Gasteiger partial charge in [-0.05, 0) is 53.6 Å². The van der Waals surface area contributed by atoms with Crippen molar-refractivity contribution < 1.29 is 4.74 Å². The van der Waals surface area contributed by atoms with Gasteiger partial charge >= 0.3 is 0 Å². The Hall–Kier alpha value is -2.39. The van der Waals surface area contributed by atoms with Crippen LogP contribution in [0.15, 0.2) is 67.0 Å². The minimum absolute atomic E-state index is 0.118. The van der Waals surface area contributed by atoms with Gasteiger partial charge in [-0.2, -0.15) is 0 Å². The Labute approximate surface area is 161 Å². The first-order chi connectivity index (χ1) is 13.3. The van der Waals surface area contributed by atoms with E-state index < -0.39 is 0 Å².